The summed E-state index contributed by atoms with van der Waals surface area (Å²) in [6.45, 7) is 0.994. The van der Waals surface area contributed by atoms with Gasteiger partial charge in [-0.25, -0.2) is 0 Å². The maximum atomic E-state index is 2.27. The second kappa shape index (κ2) is 2.88. The van der Waals surface area contributed by atoms with Crippen molar-refractivity contribution < 1.29 is 0 Å². The van der Waals surface area contributed by atoms with Crippen molar-refractivity contribution in [1.29, 1.82) is 0 Å². The van der Waals surface area contributed by atoms with Gasteiger partial charge in [0.25, 0.3) is 0 Å². The lowest BCUT2D eigenvalue weighted by Gasteiger charge is -2.12. The van der Waals surface area contributed by atoms with Crippen molar-refractivity contribution in [2.24, 2.45) is 0 Å². The fraction of sp³-hybridized carbons (Fsp3) is 0.0769. The Morgan fingerprint density at radius 2 is 1.86 bits per heavy atom. The zero-order valence-corrected chi connectivity index (χ0v) is 7.85. The molecule has 1 nitrogen and oxygen atoms in total. The van der Waals surface area contributed by atoms with Crippen LogP contribution in [0.3, 0.4) is 0 Å². The van der Waals surface area contributed by atoms with Gasteiger partial charge < -0.3 is 4.90 Å². The number of rotatable bonds is 0. The Labute approximate surface area is 83.0 Å². The number of hydrogen-bond donors (Lipinski definition) is 0. The minimum Gasteiger partial charge on any atom is -0.344 e. The van der Waals surface area contributed by atoms with Crippen LogP contribution in [0.4, 0.5) is 0 Å². The van der Waals surface area contributed by atoms with Gasteiger partial charge in [-0.3, -0.25) is 0 Å². The van der Waals surface area contributed by atoms with E-state index < -0.39 is 0 Å². The summed E-state index contributed by atoms with van der Waals surface area (Å²) in [4.78, 5) is 2.27. The van der Waals surface area contributed by atoms with Crippen molar-refractivity contribution in [3.8, 4) is 0 Å². The Kier molecular flexibility index (Phi) is 1.57. The van der Waals surface area contributed by atoms with Crippen LogP contribution in [0.25, 0.3) is 12.3 Å². The molecule has 2 aliphatic rings. The van der Waals surface area contributed by atoms with E-state index in [4.69, 9.17) is 0 Å². The predicted molar refractivity (Wildman–Crippen MR) is 58.6 cm³/mol. The average molecular weight is 181 g/mol. The van der Waals surface area contributed by atoms with Gasteiger partial charge in [-0.15, -0.1) is 0 Å². The smallest absolute Gasteiger partial charge is 0.0410 e. The van der Waals surface area contributed by atoms with E-state index in [1.54, 1.807) is 0 Å². The van der Waals surface area contributed by atoms with Gasteiger partial charge >= 0.3 is 0 Å². The molecule has 14 heavy (non-hydrogen) atoms. The van der Waals surface area contributed by atoms with Crippen molar-refractivity contribution in [1.82, 2.24) is 4.90 Å². The first-order valence-corrected chi connectivity index (χ1v) is 4.85. The molecule has 1 heteroatoms. The molecule has 0 amide bonds. The molecule has 1 aromatic carbocycles. The maximum Gasteiger partial charge on any atom is 0.0410 e. The van der Waals surface area contributed by atoms with Crippen molar-refractivity contribution in [3.05, 3.63) is 58.6 Å². The van der Waals surface area contributed by atoms with Crippen LogP contribution in [0.1, 0.15) is 0 Å². The van der Waals surface area contributed by atoms with Crippen LogP contribution < -0.4 is 10.4 Å². The number of fused-ring (bicyclic) bond motifs is 2. The molecule has 0 bridgehead atoms. The molecule has 0 fully saturated rings. The van der Waals surface area contributed by atoms with Gasteiger partial charge in [0.05, 0.1) is 0 Å². The molecule has 0 aromatic heterocycles. The van der Waals surface area contributed by atoms with Crippen molar-refractivity contribution in [3.63, 3.8) is 0 Å². The standard InChI is InChI=1S/C13H11N/c1-2-5-12-10-14-9-3-6-13(14)8-7-11(12)4-1/h1-8,10H,9H2. The SMILES string of the molecule is C1=CC2=CC=c3ccccc3=CN2C1. The monoisotopic (exact) mass is 181 g/mol. The van der Waals surface area contributed by atoms with Crippen LogP contribution in [-0.2, 0) is 0 Å². The summed E-state index contributed by atoms with van der Waals surface area (Å²) in [5.74, 6) is 0. The Morgan fingerprint density at radius 1 is 1.00 bits per heavy atom. The highest BCUT2D eigenvalue weighted by atomic mass is 15.1. The van der Waals surface area contributed by atoms with Gasteiger partial charge in [-0.1, -0.05) is 36.4 Å². The Bertz CT molecular complexity index is 535. The fourth-order valence-electron chi connectivity index (χ4n) is 1.89. The molecule has 2 aliphatic heterocycles. The minimum absolute atomic E-state index is 0.994. The molecular weight excluding hydrogens is 170 g/mol. The predicted octanol–water partition coefficient (Wildman–Crippen LogP) is 0.974. The van der Waals surface area contributed by atoms with E-state index in [2.05, 4.69) is 59.7 Å². The van der Waals surface area contributed by atoms with Crippen LogP contribution in [0.5, 0.6) is 0 Å². The number of benzene rings is 1. The summed E-state index contributed by atoms with van der Waals surface area (Å²) in [5, 5.41) is 2.59. The van der Waals surface area contributed by atoms with Gasteiger partial charge in [0, 0.05) is 18.4 Å². The first-order chi connectivity index (χ1) is 6.93. The maximum absolute atomic E-state index is 2.27. The fourth-order valence-corrected chi connectivity index (χ4v) is 1.89. The first kappa shape index (κ1) is 7.63. The lowest BCUT2D eigenvalue weighted by Crippen LogP contribution is -2.25. The molecule has 0 radical (unpaired) electrons. The highest BCUT2D eigenvalue weighted by molar-refractivity contribution is 5.50. The van der Waals surface area contributed by atoms with E-state index in [0.717, 1.165) is 6.54 Å². The Hall–Kier alpha value is -1.76. The zero-order valence-electron chi connectivity index (χ0n) is 7.85. The van der Waals surface area contributed by atoms with E-state index >= 15 is 0 Å². The summed E-state index contributed by atoms with van der Waals surface area (Å²) in [6.07, 6.45) is 10.9. The molecule has 3 rings (SSSR count). The third-order valence-electron chi connectivity index (χ3n) is 2.65. The third-order valence-corrected chi connectivity index (χ3v) is 2.65. The quantitative estimate of drug-likeness (QED) is 0.576. The molecule has 0 aliphatic carbocycles. The number of allylic oxidation sites excluding steroid dienone is 2. The normalized spacial score (nSPS) is 17.4. The number of hydrogen-bond acceptors (Lipinski definition) is 1. The Balaban J connectivity index is 2.29. The van der Waals surface area contributed by atoms with Gasteiger partial charge in [0.1, 0.15) is 0 Å². The van der Waals surface area contributed by atoms with Gasteiger partial charge in [0.15, 0.2) is 0 Å². The van der Waals surface area contributed by atoms with Crippen molar-refractivity contribution >= 4 is 12.3 Å². The largest absolute Gasteiger partial charge is 0.344 e. The van der Waals surface area contributed by atoms with Gasteiger partial charge in [-0.2, -0.15) is 0 Å². The zero-order chi connectivity index (χ0) is 9.38. The van der Waals surface area contributed by atoms with Crippen LogP contribution in [0.2, 0.25) is 0 Å². The second-order valence-electron chi connectivity index (χ2n) is 3.57. The van der Waals surface area contributed by atoms with Crippen molar-refractivity contribution in [2.45, 2.75) is 0 Å². The highest BCUT2D eigenvalue weighted by Crippen LogP contribution is 2.14. The molecule has 1 aromatic rings. The van der Waals surface area contributed by atoms with E-state index in [1.165, 1.54) is 16.1 Å². The molecule has 0 atom stereocenters. The summed E-state index contributed by atoms with van der Waals surface area (Å²) < 4.78 is 0. The molecule has 0 saturated heterocycles. The van der Waals surface area contributed by atoms with Crippen LogP contribution in [0.15, 0.2) is 48.2 Å². The van der Waals surface area contributed by atoms with E-state index in [-0.39, 0.29) is 0 Å². The molecule has 0 spiro atoms. The van der Waals surface area contributed by atoms with Crippen LogP contribution in [0, 0.1) is 0 Å². The average Bonchev–Trinajstić information content (AvgIpc) is 2.58. The van der Waals surface area contributed by atoms with E-state index in [0.29, 0.717) is 0 Å². The van der Waals surface area contributed by atoms with Gasteiger partial charge in [0.2, 0.25) is 0 Å². The molecular formula is C13H11N. The summed E-state index contributed by atoms with van der Waals surface area (Å²) in [6, 6.07) is 8.46. The molecule has 2 heterocycles. The summed E-state index contributed by atoms with van der Waals surface area (Å²) in [7, 11) is 0. The summed E-state index contributed by atoms with van der Waals surface area (Å²) >= 11 is 0. The first-order valence-electron chi connectivity index (χ1n) is 4.85. The summed E-state index contributed by atoms with van der Waals surface area (Å²) in [5.41, 5.74) is 1.28. The second-order valence-corrected chi connectivity index (χ2v) is 3.57. The molecule has 0 unspecified atom stereocenters. The van der Waals surface area contributed by atoms with Crippen LogP contribution >= 0.6 is 0 Å². The van der Waals surface area contributed by atoms with Crippen LogP contribution in [-0.4, -0.2) is 11.4 Å². The molecule has 68 valence electrons. The number of nitrogens with zero attached hydrogens (tertiary/aromatic N) is 1. The third kappa shape index (κ3) is 1.10. The highest BCUT2D eigenvalue weighted by Gasteiger charge is 2.08. The lowest BCUT2D eigenvalue weighted by molar-refractivity contribution is 0.606. The van der Waals surface area contributed by atoms with E-state index in [9.17, 15) is 0 Å². The molecule has 0 N–H and O–H groups in total. The lowest BCUT2D eigenvalue weighted by atomic mass is 10.2. The van der Waals surface area contributed by atoms with E-state index in [1.807, 2.05) is 0 Å². The molecule has 0 saturated carbocycles. The van der Waals surface area contributed by atoms with Gasteiger partial charge in [-0.05, 0) is 22.6 Å². The van der Waals surface area contributed by atoms with Crippen molar-refractivity contribution in [2.75, 3.05) is 6.54 Å². The topological polar surface area (TPSA) is 3.24 Å². The minimum atomic E-state index is 0.994. The Morgan fingerprint density at radius 3 is 2.79 bits per heavy atom.